The molecule has 1 atom stereocenters. The van der Waals surface area contributed by atoms with Gasteiger partial charge < -0.3 is 10.6 Å². The molecule has 0 aliphatic carbocycles. The van der Waals surface area contributed by atoms with E-state index in [1.165, 1.54) is 0 Å². The van der Waals surface area contributed by atoms with E-state index in [1.807, 2.05) is 13.8 Å². The molecule has 0 spiro atoms. The molecule has 88 valence electrons. The minimum Gasteiger partial charge on any atom is -0.339 e. The van der Waals surface area contributed by atoms with Gasteiger partial charge in [0.1, 0.15) is 0 Å². The van der Waals surface area contributed by atoms with Gasteiger partial charge in [0.2, 0.25) is 0 Å². The number of pyridine rings is 1. The summed E-state index contributed by atoms with van der Waals surface area (Å²) >= 11 is 0. The van der Waals surface area contributed by atoms with Crippen LogP contribution in [0.4, 0.5) is 0 Å². The molecule has 1 rings (SSSR count). The number of carbonyl (C=O) groups is 1. The minimum absolute atomic E-state index is 0.0199. The minimum atomic E-state index is 0.0199. The Hall–Kier alpha value is -1.42. The molecule has 0 aliphatic heterocycles. The van der Waals surface area contributed by atoms with Crippen molar-refractivity contribution in [3.05, 3.63) is 29.6 Å². The van der Waals surface area contributed by atoms with Gasteiger partial charge in [-0.3, -0.25) is 9.78 Å². The van der Waals surface area contributed by atoms with Crippen LogP contribution in [0.15, 0.2) is 18.3 Å². The van der Waals surface area contributed by atoms with E-state index in [2.05, 4.69) is 4.98 Å². The Kier molecular flexibility index (Phi) is 4.43. The zero-order valence-corrected chi connectivity index (χ0v) is 10.1. The first-order valence-corrected chi connectivity index (χ1v) is 5.46. The average Bonchev–Trinajstić information content (AvgIpc) is 2.27. The maximum Gasteiger partial charge on any atom is 0.253 e. The molecule has 0 bridgehead atoms. The molecular formula is C12H19N3O. The van der Waals surface area contributed by atoms with Gasteiger partial charge in [-0.05, 0) is 38.9 Å². The van der Waals surface area contributed by atoms with E-state index < -0.39 is 0 Å². The number of hydrogen-bond acceptors (Lipinski definition) is 3. The molecule has 0 aromatic carbocycles. The van der Waals surface area contributed by atoms with Crippen LogP contribution in [0.2, 0.25) is 0 Å². The second-order valence-electron chi connectivity index (χ2n) is 4.03. The first kappa shape index (κ1) is 12.6. The normalized spacial score (nSPS) is 12.2. The van der Waals surface area contributed by atoms with Gasteiger partial charge in [-0.2, -0.15) is 0 Å². The quantitative estimate of drug-likeness (QED) is 0.831. The average molecular weight is 221 g/mol. The summed E-state index contributed by atoms with van der Waals surface area (Å²) < 4.78 is 0. The predicted octanol–water partition coefficient (Wildman–Crippen LogP) is 1.20. The van der Waals surface area contributed by atoms with Crippen molar-refractivity contribution in [2.24, 2.45) is 5.73 Å². The molecule has 0 saturated carbocycles. The van der Waals surface area contributed by atoms with Crippen LogP contribution in [0.3, 0.4) is 0 Å². The van der Waals surface area contributed by atoms with Crippen LogP contribution in [0.5, 0.6) is 0 Å². The number of carbonyl (C=O) groups excluding carboxylic acids is 1. The second kappa shape index (κ2) is 5.61. The fraction of sp³-hybridized carbons (Fsp3) is 0.500. The largest absolute Gasteiger partial charge is 0.339 e. The third-order valence-electron chi connectivity index (χ3n) is 2.71. The highest BCUT2D eigenvalue weighted by Gasteiger charge is 2.16. The molecule has 4 nitrogen and oxygen atoms in total. The summed E-state index contributed by atoms with van der Waals surface area (Å²) in [6.07, 6.45) is 2.47. The third kappa shape index (κ3) is 3.03. The van der Waals surface area contributed by atoms with Gasteiger partial charge >= 0.3 is 0 Å². The van der Waals surface area contributed by atoms with Crippen LogP contribution < -0.4 is 5.73 Å². The van der Waals surface area contributed by atoms with Crippen molar-refractivity contribution in [2.75, 3.05) is 13.6 Å². The SMILES string of the molecule is Cc1cc(C(=O)N(C)C(C)CCN)ccn1. The van der Waals surface area contributed by atoms with Gasteiger partial charge in [0.05, 0.1) is 0 Å². The summed E-state index contributed by atoms with van der Waals surface area (Å²) in [7, 11) is 1.80. The van der Waals surface area contributed by atoms with E-state index in [0.717, 1.165) is 12.1 Å². The highest BCUT2D eigenvalue weighted by Crippen LogP contribution is 2.08. The zero-order valence-electron chi connectivity index (χ0n) is 10.1. The lowest BCUT2D eigenvalue weighted by Crippen LogP contribution is -2.36. The molecule has 1 unspecified atom stereocenters. The second-order valence-corrected chi connectivity index (χ2v) is 4.03. The van der Waals surface area contributed by atoms with Crippen LogP contribution in [0, 0.1) is 6.92 Å². The summed E-state index contributed by atoms with van der Waals surface area (Å²) in [5.41, 5.74) is 7.01. The van der Waals surface area contributed by atoms with E-state index >= 15 is 0 Å². The Morgan fingerprint density at radius 3 is 2.88 bits per heavy atom. The molecule has 0 radical (unpaired) electrons. The number of nitrogens with zero attached hydrogens (tertiary/aromatic N) is 2. The van der Waals surface area contributed by atoms with Crippen molar-refractivity contribution in [3.63, 3.8) is 0 Å². The van der Waals surface area contributed by atoms with Crippen molar-refractivity contribution in [1.82, 2.24) is 9.88 Å². The smallest absolute Gasteiger partial charge is 0.253 e. The first-order chi connectivity index (χ1) is 7.56. The molecule has 1 aromatic heterocycles. The lowest BCUT2D eigenvalue weighted by molar-refractivity contribution is 0.0739. The topological polar surface area (TPSA) is 59.2 Å². The molecule has 0 aliphatic rings. The first-order valence-electron chi connectivity index (χ1n) is 5.46. The molecule has 1 amide bonds. The Morgan fingerprint density at radius 1 is 1.62 bits per heavy atom. The number of nitrogens with two attached hydrogens (primary N) is 1. The summed E-state index contributed by atoms with van der Waals surface area (Å²) in [5, 5.41) is 0. The highest BCUT2D eigenvalue weighted by molar-refractivity contribution is 5.94. The van der Waals surface area contributed by atoms with Crippen LogP contribution >= 0.6 is 0 Å². The van der Waals surface area contributed by atoms with Crippen LogP contribution in [0.1, 0.15) is 29.4 Å². The van der Waals surface area contributed by atoms with E-state index in [-0.39, 0.29) is 11.9 Å². The fourth-order valence-corrected chi connectivity index (χ4v) is 1.52. The van der Waals surface area contributed by atoms with Gasteiger partial charge in [-0.25, -0.2) is 0 Å². The van der Waals surface area contributed by atoms with Crippen LogP contribution in [0.25, 0.3) is 0 Å². The summed E-state index contributed by atoms with van der Waals surface area (Å²) in [6, 6.07) is 3.70. The monoisotopic (exact) mass is 221 g/mol. The Balaban J connectivity index is 2.77. The highest BCUT2D eigenvalue weighted by atomic mass is 16.2. The van der Waals surface area contributed by atoms with E-state index in [4.69, 9.17) is 5.73 Å². The molecule has 4 heteroatoms. The maximum atomic E-state index is 12.1. The number of hydrogen-bond donors (Lipinski definition) is 1. The van der Waals surface area contributed by atoms with Crippen LogP contribution in [-0.2, 0) is 0 Å². The van der Waals surface area contributed by atoms with Gasteiger partial charge in [0, 0.05) is 30.5 Å². The number of rotatable bonds is 4. The van der Waals surface area contributed by atoms with Gasteiger partial charge in [0.15, 0.2) is 0 Å². The van der Waals surface area contributed by atoms with Crippen LogP contribution in [-0.4, -0.2) is 35.4 Å². The Bertz CT molecular complexity index is 365. The zero-order chi connectivity index (χ0) is 12.1. The van der Waals surface area contributed by atoms with Gasteiger partial charge in [0.25, 0.3) is 5.91 Å². The van der Waals surface area contributed by atoms with E-state index in [9.17, 15) is 4.79 Å². The third-order valence-corrected chi connectivity index (χ3v) is 2.71. The van der Waals surface area contributed by atoms with Crippen molar-refractivity contribution in [3.8, 4) is 0 Å². The standard InChI is InChI=1S/C12H19N3O/c1-9-8-11(5-7-14-9)12(16)15(3)10(2)4-6-13/h5,7-8,10H,4,6,13H2,1-3H3. The van der Waals surface area contributed by atoms with Crippen molar-refractivity contribution in [2.45, 2.75) is 26.3 Å². The molecule has 0 fully saturated rings. The van der Waals surface area contributed by atoms with Crippen molar-refractivity contribution >= 4 is 5.91 Å². The van der Waals surface area contributed by atoms with Gasteiger partial charge in [-0.1, -0.05) is 0 Å². The van der Waals surface area contributed by atoms with Crippen molar-refractivity contribution in [1.29, 1.82) is 0 Å². The van der Waals surface area contributed by atoms with E-state index in [0.29, 0.717) is 12.1 Å². The summed E-state index contributed by atoms with van der Waals surface area (Å²) in [4.78, 5) is 17.9. The molecule has 16 heavy (non-hydrogen) atoms. The molecule has 0 saturated heterocycles. The lowest BCUT2D eigenvalue weighted by atomic mass is 10.1. The molecular weight excluding hydrogens is 202 g/mol. The molecule has 2 N–H and O–H groups in total. The summed E-state index contributed by atoms with van der Waals surface area (Å²) in [6.45, 7) is 4.47. The summed E-state index contributed by atoms with van der Waals surface area (Å²) in [5.74, 6) is 0.0199. The fourth-order valence-electron chi connectivity index (χ4n) is 1.52. The van der Waals surface area contributed by atoms with Crippen molar-refractivity contribution < 1.29 is 4.79 Å². The number of aryl methyl sites for hydroxylation is 1. The molecule has 1 aromatic rings. The van der Waals surface area contributed by atoms with Gasteiger partial charge in [-0.15, -0.1) is 0 Å². The Morgan fingerprint density at radius 2 is 2.31 bits per heavy atom. The lowest BCUT2D eigenvalue weighted by Gasteiger charge is -2.24. The van der Waals surface area contributed by atoms with E-state index in [1.54, 1.807) is 30.3 Å². The number of aromatic nitrogens is 1. The maximum absolute atomic E-state index is 12.1. The predicted molar refractivity (Wildman–Crippen MR) is 64.2 cm³/mol. The Labute approximate surface area is 96.5 Å². The molecule has 1 heterocycles. The number of amides is 1.